The van der Waals surface area contributed by atoms with Crippen LogP contribution in [-0.2, 0) is 19.1 Å². The molecule has 156 valence electrons. The van der Waals surface area contributed by atoms with E-state index in [-0.39, 0.29) is 17.4 Å². The predicted molar refractivity (Wildman–Crippen MR) is 110 cm³/mol. The summed E-state index contributed by atoms with van der Waals surface area (Å²) in [6, 6.07) is 0. The Kier molecular flexibility index (Phi) is 5.13. The Balaban J connectivity index is 1.64. The number of terminal acetylenes is 1. The highest BCUT2D eigenvalue weighted by atomic mass is 16.6. The predicted octanol–water partition coefficient (Wildman–Crippen LogP) is 4.94. The van der Waals surface area contributed by atoms with Crippen LogP contribution < -0.4 is 0 Å². The Labute approximate surface area is 174 Å². The standard InChI is InChI=1S/C25H32O4/c1-5-24-13-11-21-20-10-8-19(28-16(3)26)15-18(20)7-9-22(21)23(24)12-14-25(24,6-2)29-17(4)27/h2,7,15,20-23H,5,8-14H2,1,3-4H3/t20?,21?,22?,23?,24-,25-/m0/s1. The van der Waals surface area contributed by atoms with E-state index in [1.54, 1.807) is 0 Å². The molecule has 4 unspecified atom stereocenters. The minimum Gasteiger partial charge on any atom is -0.445 e. The molecule has 4 nitrogen and oxygen atoms in total. The lowest BCUT2D eigenvalue weighted by molar-refractivity contribution is -0.170. The summed E-state index contributed by atoms with van der Waals surface area (Å²) in [5, 5.41) is 0. The summed E-state index contributed by atoms with van der Waals surface area (Å²) in [7, 11) is 0. The molecule has 2 fully saturated rings. The number of ether oxygens (including phenoxy) is 2. The van der Waals surface area contributed by atoms with Crippen LogP contribution >= 0.6 is 0 Å². The fourth-order valence-electron chi connectivity index (χ4n) is 7.38. The normalized spacial score (nSPS) is 40.3. The highest BCUT2D eigenvalue weighted by Crippen LogP contribution is 2.66. The molecule has 0 aromatic carbocycles. The summed E-state index contributed by atoms with van der Waals surface area (Å²) in [4.78, 5) is 23.2. The molecule has 4 rings (SSSR count). The Hall–Kier alpha value is -2.02. The lowest BCUT2D eigenvalue weighted by Crippen LogP contribution is -2.54. The summed E-state index contributed by atoms with van der Waals surface area (Å²) in [5.41, 5.74) is 0.495. The van der Waals surface area contributed by atoms with Crippen molar-refractivity contribution in [1.82, 2.24) is 0 Å². The van der Waals surface area contributed by atoms with Crippen molar-refractivity contribution in [3.05, 3.63) is 23.5 Å². The molecule has 0 aromatic heterocycles. The van der Waals surface area contributed by atoms with E-state index in [2.05, 4.69) is 25.0 Å². The molecule has 0 aliphatic heterocycles. The molecule has 29 heavy (non-hydrogen) atoms. The maximum atomic E-state index is 11.9. The monoisotopic (exact) mass is 396 g/mol. The van der Waals surface area contributed by atoms with Gasteiger partial charge in [0.1, 0.15) is 5.76 Å². The van der Waals surface area contributed by atoms with Crippen LogP contribution in [0.2, 0.25) is 0 Å². The minimum absolute atomic E-state index is 0.104. The smallest absolute Gasteiger partial charge is 0.307 e. The molecule has 0 aromatic rings. The lowest BCUT2D eigenvalue weighted by atomic mass is 9.50. The highest BCUT2D eigenvalue weighted by molar-refractivity contribution is 5.68. The van der Waals surface area contributed by atoms with Gasteiger partial charge in [-0.3, -0.25) is 9.59 Å². The molecule has 0 bridgehead atoms. The van der Waals surface area contributed by atoms with Gasteiger partial charge < -0.3 is 9.47 Å². The molecule has 2 saturated carbocycles. The quantitative estimate of drug-likeness (QED) is 0.501. The number of hydrogen-bond acceptors (Lipinski definition) is 4. The molecule has 0 N–H and O–H groups in total. The fraction of sp³-hybridized carbons (Fsp3) is 0.680. The Morgan fingerprint density at radius 3 is 2.62 bits per heavy atom. The van der Waals surface area contributed by atoms with Gasteiger partial charge in [-0.2, -0.15) is 0 Å². The third-order valence-corrected chi connectivity index (χ3v) is 8.37. The second kappa shape index (κ2) is 7.35. The third-order valence-electron chi connectivity index (χ3n) is 8.37. The summed E-state index contributed by atoms with van der Waals surface area (Å²) in [6.07, 6.45) is 18.3. The number of rotatable bonds is 3. The lowest BCUT2D eigenvalue weighted by Gasteiger charge is -2.55. The van der Waals surface area contributed by atoms with Crippen molar-refractivity contribution in [1.29, 1.82) is 0 Å². The molecule has 0 radical (unpaired) electrons. The van der Waals surface area contributed by atoms with E-state index < -0.39 is 5.60 Å². The third kappa shape index (κ3) is 3.05. The summed E-state index contributed by atoms with van der Waals surface area (Å²) < 4.78 is 11.3. The number of hydrogen-bond donors (Lipinski definition) is 0. The van der Waals surface area contributed by atoms with Crippen LogP contribution in [-0.4, -0.2) is 17.5 Å². The van der Waals surface area contributed by atoms with Crippen molar-refractivity contribution < 1.29 is 19.1 Å². The van der Waals surface area contributed by atoms with Gasteiger partial charge in [-0.1, -0.05) is 18.9 Å². The van der Waals surface area contributed by atoms with Crippen LogP contribution in [0.1, 0.15) is 72.1 Å². The molecule has 0 spiro atoms. The van der Waals surface area contributed by atoms with Gasteiger partial charge in [0, 0.05) is 25.7 Å². The highest BCUT2D eigenvalue weighted by Gasteiger charge is 2.65. The van der Waals surface area contributed by atoms with Gasteiger partial charge in [-0.05, 0) is 80.3 Å². The van der Waals surface area contributed by atoms with Crippen LogP contribution in [0, 0.1) is 41.4 Å². The topological polar surface area (TPSA) is 52.6 Å². The summed E-state index contributed by atoms with van der Waals surface area (Å²) >= 11 is 0. The first kappa shape index (κ1) is 20.3. The van der Waals surface area contributed by atoms with Crippen molar-refractivity contribution in [2.24, 2.45) is 29.1 Å². The van der Waals surface area contributed by atoms with Crippen LogP contribution in [0.3, 0.4) is 0 Å². The van der Waals surface area contributed by atoms with E-state index in [1.165, 1.54) is 19.4 Å². The molecule has 0 saturated heterocycles. The zero-order valence-corrected chi connectivity index (χ0v) is 17.8. The maximum absolute atomic E-state index is 11.9. The van der Waals surface area contributed by atoms with E-state index in [4.69, 9.17) is 15.9 Å². The molecule has 4 aliphatic carbocycles. The van der Waals surface area contributed by atoms with Crippen LogP contribution in [0.25, 0.3) is 0 Å². The first-order chi connectivity index (χ1) is 13.9. The van der Waals surface area contributed by atoms with Gasteiger partial charge in [-0.15, -0.1) is 6.42 Å². The fourth-order valence-corrected chi connectivity index (χ4v) is 7.38. The first-order valence-corrected chi connectivity index (χ1v) is 11.1. The largest absolute Gasteiger partial charge is 0.445 e. The zero-order chi connectivity index (χ0) is 20.8. The zero-order valence-electron chi connectivity index (χ0n) is 17.8. The molecule has 0 heterocycles. The van der Waals surface area contributed by atoms with Crippen LogP contribution in [0.5, 0.6) is 0 Å². The minimum atomic E-state index is -0.748. The van der Waals surface area contributed by atoms with Crippen molar-refractivity contribution in [2.45, 2.75) is 77.7 Å². The van der Waals surface area contributed by atoms with Gasteiger partial charge in [0.25, 0.3) is 0 Å². The van der Waals surface area contributed by atoms with E-state index in [1.807, 2.05) is 0 Å². The molecular formula is C25H32O4. The first-order valence-electron chi connectivity index (χ1n) is 11.1. The van der Waals surface area contributed by atoms with Gasteiger partial charge in [-0.25, -0.2) is 0 Å². The number of allylic oxidation sites excluding steroid dienone is 4. The number of esters is 2. The van der Waals surface area contributed by atoms with Crippen molar-refractivity contribution in [3.8, 4) is 12.3 Å². The average Bonchev–Trinajstić information content (AvgIpc) is 3.01. The van der Waals surface area contributed by atoms with Gasteiger partial charge in [0.15, 0.2) is 5.60 Å². The maximum Gasteiger partial charge on any atom is 0.307 e. The van der Waals surface area contributed by atoms with E-state index >= 15 is 0 Å². The van der Waals surface area contributed by atoms with E-state index in [9.17, 15) is 9.59 Å². The van der Waals surface area contributed by atoms with Gasteiger partial charge in [0.05, 0.1) is 0 Å². The second-order valence-corrected chi connectivity index (χ2v) is 9.38. The number of carbonyl (C=O) groups excluding carboxylic acids is 2. The van der Waals surface area contributed by atoms with Gasteiger partial charge in [0.2, 0.25) is 0 Å². The Bertz CT molecular complexity index is 815. The Morgan fingerprint density at radius 1 is 1.17 bits per heavy atom. The summed E-state index contributed by atoms with van der Waals surface area (Å²) in [6.45, 7) is 5.16. The molecular weight excluding hydrogens is 364 g/mol. The molecule has 6 atom stereocenters. The van der Waals surface area contributed by atoms with Crippen LogP contribution in [0.15, 0.2) is 23.5 Å². The van der Waals surface area contributed by atoms with Crippen molar-refractivity contribution in [3.63, 3.8) is 0 Å². The number of carbonyl (C=O) groups is 2. The van der Waals surface area contributed by atoms with E-state index in [0.717, 1.165) is 57.1 Å². The molecule has 0 amide bonds. The Morgan fingerprint density at radius 2 is 1.97 bits per heavy atom. The molecule has 4 aliphatic rings. The van der Waals surface area contributed by atoms with Crippen molar-refractivity contribution >= 4 is 11.9 Å². The van der Waals surface area contributed by atoms with Crippen molar-refractivity contribution in [2.75, 3.05) is 0 Å². The SMILES string of the molecule is C#C[C@]1(OC(C)=O)CCC2C3CC=C4C=C(OC(C)=O)CCC4C3CC[C@@]21CC. The van der Waals surface area contributed by atoms with E-state index in [0.29, 0.717) is 23.7 Å². The van der Waals surface area contributed by atoms with Crippen LogP contribution in [0.4, 0.5) is 0 Å². The second-order valence-electron chi connectivity index (χ2n) is 9.38. The van der Waals surface area contributed by atoms with Gasteiger partial charge >= 0.3 is 11.9 Å². The average molecular weight is 397 g/mol. The number of fused-ring (bicyclic) bond motifs is 5. The molecule has 4 heteroatoms. The summed E-state index contributed by atoms with van der Waals surface area (Å²) in [5.74, 6) is 5.53.